The number of hydrogen-bond acceptors (Lipinski definition) is 2. The Labute approximate surface area is 59.1 Å². The van der Waals surface area contributed by atoms with Crippen LogP contribution in [-0.4, -0.2) is 19.9 Å². The summed E-state index contributed by atoms with van der Waals surface area (Å²) in [5, 5.41) is 0. The summed E-state index contributed by atoms with van der Waals surface area (Å²) in [4.78, 5) is 0. The average molecular weight is 168 g/mol. The standard InChI is InChI=1S/C5H14O2P2/c1-4-6-9(3,8)7-5-2/h8H,4-5H2,1-3H3. The molecule has 0 bridgehead atoms. The van der Waals surface area contributed by atoms with Crippen molar-refractivity contribution in [3.05, 3.63) is 0 Å². The van der Waals surface area contributed by atoms with Crippen molar-refractivity contribution in [3.63, 3.8) is 0 Å². The van der Waals surface area contributed by atoms with Crippen LogP contribution in [0.25, 0.3) is 0 Å². The van der Waals surface area contributed by atoms with Crippen LogP contribution in [-0.2, 0) is 9.05 Å². The summed E-state index contributed by atoms with van der Waals surface area (Å²) < 4.78 is 10.5. The minimum atomic E-state index is -1.64. The van der Waals surface area contributed by atoms with E-state index < -0.39 is 7.00 Å². The minimum Gasteiger partial charge on any atom is -0.335 e. The van der Waals surface area contributed by atoms with Crippen LogP contribution in [0.4, 0.5) is 0 Å². The van der Waals surface area contributed by atoms with Gasteiger partial charge in [-0.25, -0.2) is 0 Å². The molecule has 0 aromatic carbocycles. The third-order valence-electron chi connectivity index (χ3n) is 0.751. The first kappa shape index (κ1) is 9.65. The fourth-order valence-corrected chi connectivity index (χ4v) is 2.36. The molecule has 0 radical (unpaired) electrons. The summed E-state index contributed by atoms with van der Waals surface area (Å²) in [7, 11) is 1.78. The van der Waals surface area contributed by atoms with Crippen molar-refractivity contribution < 1.29 is 9.05 Å². The molecule has 0 aliphatic heterocycles. The Hall–Kier alpha value is 0.650. The zero-order valence-corrected chi connectivity index (χ0v) is 8.07. The maximum Gasteiger partial charge on any atom is 0.139 e. The Morgan fingerprint density at radius 3 is 1.78 bits per heavy atom. The van der Waals surface area contributed by atoms with Gasteiger partial charge in [0.1, 0.15) is 7.00 Å². The van der Waals surface area contributed by atoms with E-state index in [4.69, 9.17) is 9.05 Å². The molecule has 9 heavy (non-hydrogen) atoms. The van der Waals surface area contributed by atoms with Crippen LogP contribution in [0.15, 0.2) is 0 Å². The molecule has 0 N–H and O–H groups in total. The summed E-state index contributed by atoms with van der Waals surface area (Å²) >= 11 is 0. The normalized spacial score (nSPS) is 11.9. The highest BCUT2D eigenvalue weighted by Crippen LogP contribution is 2.49. The van der Waals surface area contributed by atoms with Gasteiger partial charge in [-0.3, -0.25) is 0 Å². The second-order valence-electron chi connectivity index (χ2n) is 1.68. The third-order valence-corrected chi connectivity index (χ3v) is 3.03. The highest BCUT2D eigenvalue weighted by molar-refractivity contribution is 7.92. The molecule has 0 saturated carbocycles. The molecule has 0 rings (SSSR count). The van der Waals surface area contributed by atoms with Crippen molar-refractivity contribution in [2.24, 2.45) is 0 Å². The predicted molar refractivity (Wildman–Crippen MR) is 44.4 cm³/mol. The minimum absolute atomic E-state index is 0.702. The molecule has 4 heteroatoms. The summed E-state index contributed by atoms with van der Waals surface area (Å²) in [6, 6.07) is 0. The van der Waals surface area contributed by atoms with E-state index >= 15 is 0 Å². The SMILES string of the molecule is CCOP(C)(=P)OCC. The molecule has 0 aliphatic rings. The highest BCUT2D eigenvalue weighted by Gasteiger charge is 2.04. The lowest BCUT2D eigenvalue weighted by atomic mass is 10.9. The molecule has 56 valence electrons. The van der Waals surface area contributed by atoms with E-state index in [1.165, 1.54) is 0 Å². The summed E-state index contributed by atoms with van der Waals surface area (Å²) in [6.45, 7) is 7.26. The zero-order valence-electron chi connectivity index (χ0n) is 6.18. The van der Waals surface area contributed by atoms with Crippen LogP contribution in [0.1, 0.15) is 13.8 Å². The van der Waals surface area contributed by atoms with Gasteiger partial charge in [-0.05, 0) is 13.8 Å². The first-order valence-electron chi connectivity index (χ1n) is 3.03. The molecule has 0 atom stereocenters. The van der Waals surface area contributed by atoms with Gasteiger partial charge in [-0.15, -0.1) is 0 Å². The predicted octanol–water partition coefficient (Wildman–Crippen LogP) is 2.59. The van der Waals surface area contributed by atoms with Crippen LogP contribution in [0, 0.1) is 0 Å². The van der Waals surface area contributed by atoms with Gasteiger partial charge in [-0.1, -0.05) is 8.53 Å². The van der Waals surface area contributed by atoms with Crippen LogP contribution in [0.5, 0.6) is 0 Å². The van der Waals surface area contributed by atoms with Gasteiger partial charge in [-0.2, -0.15) is 0 Å². The molecule has 0 fully saturated rings. The highest BCUT2D eigenvalue weighted by atomic mass is 31.8. The van der Waals surface area contributed by atoms with Crippen LogP contribution < -0.4 is 0 Å². The molecule has 0 heterocycles. The van der Waals surface area contributed by atoms with E-state index in [1.807, 2.05) is 20.5 Å². The number of hydrogen-bond donors (Lipinski definition) is 0. The molecular weight excluding hydrogens is 154 g/mol. The van der Waals surface area contributed by atoms with Crippen LogP contribution >= 0.6 is 15.5 Å². The fraction of sp³-hybridized carbons (Fsp3) is 1.00. The lowest BCUT2D eigenvalue weighted by Gasteiger charge is -2.16. The molecule has 0 aromatic rings. The lowest BCUT2D eigenvalue weighted by Crippen LogP contribution is -1.90. The Balaban J connectivity index is 3.58. The second kappa shape index (κ2) is 4.46. The number of rotatable bonds is 4. The quantitative estimate of drug-likeness (QED) is 0.600. The molecule has 2 nitrogen and oxygen atoms in total. The average Bonchev–Trinajstić information content (AvgIpc) is 1.64. The second-order valence-corrected chi connectivity index (χ2v) is 6.33. The first-order chi connectivity index (χ1) is 4.12. The Morgan fingerprint density at radius 1 is 1.22 bits per heavy atom. The fourth-order valence-electron chi connectivity index (χ4n) is 0.530. The molecule has 0 amide bonds. The lowest BCUT2D eigenvalue weighted by molar-refractivity contribution is 0.271. The maximum absolute atomic E-state index is 5.27. The van der Waals surface area contributed by atoms with E-state index in [1.54, 1.807) is 0 Å². The van der Waals surface area contributed by atoms with Crippen molar-refractivity contribution in [1.82, 2.24) is 0 Å². The van der Waals surface area contributed by atoms with Gasteiger partial charge in [0.05, 0.1) is 13.2 Å². The Morgan fingerprint density at radius 2 is 1.56 bits per heavy atom. The van der Waals surface area contributed by atoms with Crippen LogP contribution in [0.3, 0.4) is 0 Å². The van der Waals surface area contributed by atoms with Crippen molar-refractivity contribution in [1.29, 1.82) is 0 Å². The van der Waals surface area contributed by atoms with Crippen molar-refractivity contribution in [3.8, 4) is 0 Å². The summed E-state index contributed by atoms with van der Waals surface area (Å²) in [5.41, 5.74) is 0. The summed E-state index contributed by atoms with van der Waals surface area (Å²) in [6.07, 6.45) is 0. The van der Waals surface area contributed by atoms with E-state index in [2.05, 4.69) is 8.53 Å². The van der Waals surface area contributed by atoms with E-state index in [0.29, 0.717) is 13.2 Å². The summed E-state index contributed by atoms with van der Waals surface area (Å²) in [5.74, 6) is 0. The molecule has 0 spiro atoms. The molecule has 0 aliphatic carbocycles. The first-order valence-corrected chi connectivity index (χ1v) is 6.44. The monoisotopic (exact) mass is 168 g/mol. The van der Waals surface area contributed by atoms with Gasteiger partial charge in [0.25, 0.3) is 0 Å². The van der Waals surface area contributed by atoms with Gasteiger partial charge < -0.3 is 9.05 Å². The van der Waals surface area contributed by atoms with Gasteiger partial charge in [0, 0.05) is 6.66 Å². The molecular formula is C5H14O2P2. The Kier molecular flexibility index (Phi) is 4.79. The Bertz CT molecular complexity index is 104. The van der Waals surface area contributed by atoms with Crippen molar-refractivity contribution >= 4 is 15.5 Å². The van der Waals surface area contributed by atoms with Gasteiger partial charge in [0.15, 0.2) is 0 Å². The smallest absolute Gasteiger partial charge is 0.139 e. The van der Waals surface area contributed by atoms with Crippen molar-refractivity contribution in [2.45, 2.75) is 13.8 Å². The van der Waals surface area contributed by atoms with E-state index in [-0.39, 0.29) is 0 Å². The maximum atomic E-state index is 5.27. The third kappa shape index (κ3) is 5.11. The van der Waals surface area contributed by atoms with Crippen molar-refractivity contribution in [2.75, 3.05) is 19.9 Å². The van der Waals surface area contributed by atoms with Gasteiger partial charge >= 0.3 is 0 Å². The zero-order chi connectivity index (χ0) is 7.33. The molecule has 0 saturated heterocycles. The molecule has 0 aromatic heterocycles. The van der Waals surface area contributed by atoms with Crippen LogP contribution in [0.2, 0.25) is 0 Å². The van der Waals surface area contributed by atoms with Gasteiger partial charge in [0.2, 0.25) is 0 Å². The van der Waals surface area contributed by atoms with E-state index in [0.717, 1.165) is 0 Å². The van der Waals surface area contributed by atoms with E-state index in [9.17, 15) is 0 Å². The topological polar surface area (TPSA) is 18.5 Å². The largest absolute Gasteiger partial charge is 0.335 e. The molecule has 0 unspecified atom stereocenters.